The molecule has 1 aromatic carbocycles. The zero-order valence-corrected chi connectivity index (χ0v) is 9.44. The third-order valence-electron chi connectivity index (χ3n) is 1.47. The van der Waals surface area contributed by atoms with Gasteiger partial charge >= 0.3 is 0 Å². The maximum Gasteiger partial charge on any atom is 0.145 e. The van der Waals surface area contributed by atoms with Gasteiger partial charge in [-0.1, -0.05) is 11.6 Å². The van der Waals surface area contributed by atoms with Crippen LogP contribution in [0.15, 0.2) is 16.6 Å². The fourth-order valence-corrected chi connectivity index (χ4v) is 1.59. The van der Waals surface area contributed by atoms with E-state index < -0.39 is 5.82 Å². The van der Waals surface area contributed by atoms with Crippen molar-refractivity contribution < 1.29 is 13.9 Å². The Labute approximate surface area is 94.1 Å². The van der Waals surface area contributed by atoms with E-state index in [0.717, 1.165) is 6.29 Å². The van der Waals surface area contributed by atoms with E-state index in [1.807, 2.05) is 0 Å². The standard InChI is InChI=1S/C9H7BrClFO2/c10-6-4-7(11)8(12)5-9(6)14-3-1-2-13/h2,4-5H,1,3H2. The second-order valence-corrected chi connectivity index (χ2v) is 3.76. The average Bonchev–Trinajstić information content (AvgIpc) is 2.14. The van der Waals surface area contributed by atoms with E-state index in [0.29, 0.717) is 10.2 Å². The number of halogens is 3. The van der Waals surface area contributed by atoms with E-state index in [1.165, 1.54) is 12.1 Å². The lowest BCUT2D eigenvalue weighted by Gasteiger charge is -2.07. The molecule has 76 valence electrons. The molecule has 0 unspecified atom stereocenters. The summed E-state index contributed by atoms with van der Waals surface area (Å²) in [5.74, 6) is -0.204. The molecule has 0 heterocycles. The Morgan fingerprint density at radius 2 is 2.29 bits per heavy atom. The van der Waals surface area contributed by atoms with Crippen LogP contribution in [0, 0.1) is 5.82 Å². The number of aldehydes is 1. The van der Waals surface area contributed by atoms with Crippen molar-refractivity contribution in [2.75, 3.05) is 6.61 Å². The molecule has 5 heteroatoms. The minimum Gasteiger partial charge on any atom is -0.492 e. The zero-order chi connectivity index (χ0) is 10.6. The fraction of sp³-hybridized carbons (Fsp3) is 0.222. The highest BCUT2D eigenvalue weighted by atomic mass is 79.9. The molecule has 0 N–H and O–H groups in total. The first-order chi connectivity index (χ1) is 6.65. The molecule has 0 fully saturated rings. The van der Waals surface area contributed by atoms with Crippen molar-refractivity contribution in [2.45, 2.75) is 6.42 Å². The van der Waals surface area contributed by atoms with Crippen LogP contribution in [0.3, 0.4) is 0 Å². The Morgan fingerprint density at radius 1 is 1.57 bits per heavy atom. The maximum absolute atomic E-state index is 13.0. The highest BCUT2D eigenvalue weighted by Crippen LogP contribution is 2.30. The lowest BCUT2D eigenvalue weighted by Crippen LogP contribution is -1.98. The van der Waals surface area contributed by atoms with E-state index in [4.69, 9.17) is 16.3 Å². The maximum atomic E-state index is 13.0. The third kappa shape index (κ3) is 2.96. The van der Waals surface area contributed by atoms with Crippen molar-refractivity contribution in [3.63, 3.8) is 0 Å². The SMILES string of the molecule is O=CCCOc1cc(F)c(Cl)cc1Br. The van der Waals surface area contributed by atoms with Gasteiger partial charge in [0.05, 0.1) is 16.1 Å². The minimum atomic E-state index is -0.545. The van der Waals surface area contributed by atoms with Crippen LogP contribution in [-0.4, -0.2) is 12.9 Å². The van der Waals surface area contributed by atoms with Crippen LogP contribution in [0.25, 0.3) is 0 Å². The quantitative estimate of drug-likeness (QED) is 0.481. The summed E-state index contributed by atoms with van der Waals surface area (Å²) in [5.41, 5.74) is 0. The number of carbonyl (C=O) groups is 1. The zero-order valence-electron chi connectivity index (χ0n) is 7.10. The van der Waals surface area contributed by atoms with Crippen molar-refractivity contribution in [3.8, 4) is 5.75 Å². The van der Waals surface area contributed by atoms with Crippen molar-refractivity contribution in [1.82, 2.24) is 0 Å². The summed E-state index contributed by atoms with van der Waals surface area (Å²) in [7, 11) is 0. The van der Waals surface area contributed by atoms with Gasteiger partial charge in [0.1, 0.15) is 17.9 Å². The smallest absolute Gasteiger partial charge is 0.145 e. The van der Waals surface area contributed by atoms with Gasteiger partial charge < -0.3 is 9.53 Å². The van der Waals surface area contributed by atoms with Crippen molar-refractivity contribution in [2.24, 2.45) is 0 Å². The van der Waals surface area contributed by atoms with Crippen molar-refractivity contribution in [3.05, 3.63) is 27.4 Å². The number of rotatable bonds is 4. The predicted molar refractivity (Wildman–Crippen MR) is 55.3 cm³/mol. The fourth-order valence-electron chi connectivity index (χ4n) is 0.832. The van der Waals surface area contributed by atoms with Gasteiger partial charge in [-0.15, -0.1) is 0 Å². The van der Waals surface area contributed by atoms with Gasteiger partial charge in [0, 0.05) is 12.5 Å². The van der Waals surface area contributed by atoms with Gasteiger partial charge in [-0.3, -0.25) is 0 Å². The minimum absolute atomic E-state index is 0.0274. The lowest BCUT2D eigenvalue weighted by atomic mass is 10.3. The molecular formula is C9H7BrClFO2. The molecule has 0 aliphatic carbocycles. The van der Waals surface area contributed by atoms with Gasteiger partial charge in [-0.2, -0.15) is 0 Å². The van der Waals surface area contributed by atoms with Crippen LogP contribution in [0.2, 0.25) is 5.02 Å². The van der Waals surface area contributed by atoms with Gasteiger partial charge in [-0.25, -0.2) is 4.39 Å². The lowest BCUT2D eigenvalue weighted by molar-refractivity contribution is -0.108. The predicted octanol–water partition coefficient (Wildman–Crippen LogP) is 3.21. The number of hydrogen-bond donors (Lipinski definition) is 0. The number of hydrogen-bond acceptors (Lipinski definition) is 2. The Morgan fingerprint density at radius 3 is 2.93 bits per heavy atom. The largest absolute Gasteiger partial charge is 0.492 e. The summed E-state index contributed by atoms with van der Waals surface area (Å²) in [4.78, 5) is 10.0. The van der Waals surface area contributed by atoms with E-state index in [-0.39, 0.29) is 18.1 Å². The summed E-state index contributed by atoms with van der Waals surface area (Å²) in [6, 6.07) is 2.59. The molecule has 0 saturated carbocycles. The first-order valence-corrected chi connectivity index (χ1v) is 5.03. The monoisotopic (exact) mass is 280 g/mol. The third-order valence-corrected chi connectivity index (χ3v) is 2.38. The van der Waals surface area contributed by atoms with E-state index in [2.05, 4.69) is 15.9 Å². The average molecular weight is 282 g/mol. The second kappa shape index (κ2) is 5.32. The Hall–Kier alpha value is -0.610. The van der Waals surface area contributed by atoms with E-state index >= 15 is 0 Å². The molecule has 0 spiro atoms. The van der Waals surface area contributed by atoms with Gasteiger partial charge in [-0.05, 0) is 22.0 Å². The molecule has 0 radical (unpaired) electrons. The molecule has 0 aliphatic rings. The van der Waals surface area contributed by atoms with Gasteiger partial charge in [0.2, 0.25) is 0 Å². The Bertz CT molecular complexity index is 344. The normalized spacial score (nSPS) is 9.93. The molecule has 0 atom stereocenters. The Kier molecular flexibility index (Phi) is 4.35. The first-order valence-electron chi connectivity index (χ1n) is 3.86. The van der Waals surface area contributed by atoms with Crippen LogP contribution in [-0.2, 0) is 4.79 Å². The summed E-state index contributed by atoms with van der Waals surface area (Å²) in [6.45, 7) is 0.225. The molecule has 1 rings (SSSR count). The van der Waals surface area contributed by atoms with Crippen LogP contribution in [0.1, 0.15) is 6.42 Å². The van der Waals surface area contributed by atoms with Gasteiger partial charge in [0.25, 0.3) is 0 Å². The van der Waals surface area contributed by atoms with Gasteiger partial charge in [0.15, 0.2) is 0 Å². The second-order valence-electron chi connectivity index (χ2n) is 2.50. The summed E-state index contributed by atoms with van der Waals surface area (Å²) >= 11 is 8.70. The highest BCUT2D eigenvalue weighted by Gasteiger charge is 2.07. The summed E-state index contributed by atoms with van der Waals surface area (Å²) in [6.07, 6.45) is 1.01. The number of benzene rings is 1. The molecule has 0 bridgehead atoms. The molecule has 2 nitrogen and oxygen atoms in total. The highest BCUT2D eigenvalue weighted by molar-refractivity contribution is 9.10. The molecule has 0 aliphatic heterocycles. The van der Waals surface area contributed by atoms with Crippen molar-refractivity contribution >= 4 is 33.8 Å². The number of ether oxygens (including phenoxy) is 1. The molecule has 1 aromatic rings. The summed E-state index contributed by atoms with van der Waals surface area (Å²) in [5, 5.41) is 0.0274. The van der Waals surface area contributed by atoms with Crippen LogP contribution in [0.5, 0.6) is 5.75 Å². The molecule has 14 heavy (non-hydrogen) atoms. The van der Waals surface area contributed by atoms with E-state index in [1.54, 1.807) is 0 Å². The molecule has 0 aromatic heterocycles. The molecule has 0 saturated heterocycles. The summed E-state index contributed by atoms with van der Waals surface area (Å²) < 4.78 is 18.7. The van der Waals surface area contributed by atoms with Crippen molar-refractivity contribution in [1.29, 1.82) is 0 Å². The topological polar surface area (TPSA) is 26.3 Å². The van der Waals surface area contributed by atoms with Crippen LogP contribution < -0.4 is 4.74 Å². The van der Waals surface area contributed by atoms with Crippen LogP contribution >= 0.6 is 27.5 Å². The molecule has 0 amide bonds. The Balaban J connectivity index is 2.76. The molecular weight excluding hydrogens is 274 g/mol. The number of carbonyl (C=O) groups excluding carboxylic acids is 1. The first kappa shape index (κ1) is 11.5. The van der Waals surface area contributed by atoms with Crippen LogP contribution in [0.4, 0.5) is 4.39 Å². The van der Waals surface area contributed by atoms with E-state index in [9.17, 15) is 9.18 Å².